The number of carbonyl (C=O) groups is 1. The van der Waals surface area contributed by atoms with Crippen LogP contribution in [0.25, 0.3) is 11.3 Å². The van der Waals surface area contributed by atoms with E-state index in [1.165, 1.54) is 18.2 Å². The number of hydrogen-bond acceptors (Lipinski definition) is 6. The largest absolute Gasteiger partial charge is 0.353 e. The Morgan fingerprint density at radius 3 is 2.69 bits per heavy atom. The predicted molar refractivity (Wildman–Crippen MR) is 125 cm³/mol. The lowest BCUT2D eigenvalue weighted by Gasteiger charge is -2.25. The van der Waals surface area contributed by atoms with E-state index in [0.717, 1.165) is 17.0 Å². The highest BCUT2D eigenvalue weighted by Crippen LogP contribution is 2.40. The Kier molecular flexibility index (Phi) is 5.64. The average molecular weight is 489 g/mol. The van der Waals surface area contributed by atoms with Gasteiger partial charge in [-0.05, 0) is 42.3 Å². The second-order valence-corrected chi connectivity index (χ2v) is 8.13. The molecule has 2 aromatic heterocycles. The third-order valence-corrected chi connectivity index (χ3v) is 5.92. The molecule has 180 valence electrons. The third kappa shape index (κ3) is 3.92. The quantitative estimate of drug-likeness (QED) is 0.449. The summed E-state index contributed by atoms with van der Waals surface area (Å²) in [5.41, 5.74) is 0.739. The molecule has 0 unspecified atom stereocenters. The molecule has 5 rings (SSSR count). The highest BCUT2D eigenvalue weighted by Gasteiger charge is 2.48. The van der Waals surface area contributed by atoms with Crippen molar-refractivity contribution in [3.63, 3.8) is 0 Å². The highest BCUT2D eigenvalue weighted by atomic mass is 19.3. The Balaban J connectivity index is 1.49. The van der Waals surface area contributed by atoms with Crippen molar-refractivity contribution in [3.8, 4) is 17.3 Å². The molecule has 36 heavy (non-hydrogen) atoms. The normalized spacial score (nSPS) is 12.8. The summed E-state index contributed by atoms with van der Waals surface area (Å²) < 4.78 is 45.7. The molecule has 0 aliphatic carbocycles. The fourth-order valence-corrected chi connectivity index (χ4v) is 4.18. The summed E-state index contributed by atoms with van der Waals surface area (Å²) >= 11 is 0. The van der Waals surface area contributed by atoms with Crippen molar-refractivity contribution in [3.05, 3.63) is 83.4 Å². The number of rotatable bonds is 5. The van der Waals surface area contributed by atoms with E-state index in [1.807, 2.05) is 6.07 Å². The monoisotopic (exact) mass is 489 g/mol. The molecular formula is C25H18F3N7O. The number of aromatic nitrogens is 4. The summed E-state index contributed by atoms with van der Waals surface area (Å²) in [6, 6.07) is 12.9. The molecule has 4 aromatic rings. The van der Waals surface area contributed by atoms with Crippen molar-refractivity contribution in [2.75, 3.05) is 16.8 Å². The maximum absolute atomic E-state index is 15.0. The van der Waals surface area contributed by atoms with Crippen LogP contribution in [0.3, 0.4) is 0 Å². The number of hydrogen-bond donors (Lipinski definition) is 1. The zero-order valence-corrected chi connectivity index (χ0v) is 18.9. The van der Waals surface area contributed by atoms with Crippen LogP contribution in [0.1, 0.15) is 16.7 Å². The zero-order valence-electron chi connectivity index (χ0n) is 18.9. The average Bonchev–Trinajstić information content (AvgIpc) is 3.49. The van der Waals surface area contributed by atoms with Gasteiger partial charge in [-0.3, -0.25) is 9.48 Å². The molecule has 1 N–H and O–H groups in total. The van der Waals surface area contributed by atoms with Gasteiger partial charge in [-0.15, -0.1) is 0 Å². The Bertz CT molecular complexity index is 1530. The van der Waals surface area contributed by atoms with Gasteiger partial charge in [0, 0.05) is 31.4 Å². The van der Waals surface area contributed by atoms with Crippen LogP contribution < -0.4 is 10.2 Å². The van der Waals surface area contributed by atoms with Crippen molar-refractivity contribution in [1.82, 2.24) is 19.7 Å². The molecule has 1 amide bonds. The fourth-order valence-electron chi connectivity index (χ4n) is 4.18. The van der Waals surface area contributed by atoms with E-state index < -0.39 is 23.2 Å². The highest BCUT2D eigenvalue weighted by molar-refractivity contribution is 6.02. The minimum Gasteiger partial charge on any atom is -0.309 e. The number of benzene rings is 2. The lowest BCUT2D eigenvalue weighted by atomic mass is 10.0. The zero-order chi connectivity index (χ0) is 25.4. The third-order valence-electron chi connectivity index (χ3n) is 5.92. The van der Waals surface area contributed by atoms with Crippen LogP contribution in [0.2, 0.25) is 0 Å². The lowest BCUT2D eigenvalue weighted by molar-refractivity contribution is -0.144. The first kappa shape index (κ1) is 23.0. The summed E-state index contributed by atoms with van der Waals surface area (Å²) in [6.45, 7) is -0.0621. The number of fused-ring (bicyclic) bond motifs is 1. The molecular weight excluding hydrogens is 471 g/mol. The van der Waals surface area contributed by atoms with Gasteiger partial charge in [0.2, 0.25) is 5.95 Å². The molecule has 1 aliphatic rings. The van der Waals surface area contributed by atoms with Crippen LogP contribution in [-0.2, 0) is 24.2 Å². The lowest BCUT2D eigenvalue weighted by Crippen LogP contribution is -2.42. The number of halogens is 3. The molecule has 0 saturated carbocycles. The molecule has 0 atom stereocenters. The summed E-state index contributed by atoms with van der Waals surface area (Å²) in [6.07, 6.45) is 3.42. The number of carbonyl (C=O) groups excluding carboxylic acids is 1. The minimum absolute atomic E-state index is 0.0393. The summed E-state index contributed by atoms with van der Waals surface area (Å²) in [7, 11) is 1.76. The second kappa shape index (κ2) is 8.81. The van der Waals surface area contributed by atoms with E-state index in [9.17, 15) is 14.4 Å². The molecule has 3 heterocycles. The van der Waals surface area contributed by atoms with Crippen molar-refractivity contribution in [1.29, 1.82) is 5.26 Å². The molecule has 0 spiro atoms. The van der Waals surface area contributed by atoms with E-state index in [-0.39, 0.29) is 24.2 Å². The standard InChI is InChI=1S/C25H18F3N7O/c1-34-21(7-10-31-34)33-24-30-9-6-20(32-24)16-12-15-8-11-35(22(15)17(13-16)14-29)23(36)25(27,28)18-4-2-3-5-19(18)26/h2-7,9-10,12-13H,8,11H2,1H3,(H,30,32,33). The summed E-state index contributed by atoms with van der Waals surface area (Å²) in [4.78, 5) is 22.4. The first-order valence-electron chi connectivity index (χ1n) is 10.9. The van der Waals surface area contributed by atoms with Gasteiger partial charge in [0.05, 0.1) is 28.7 Å². The minimum atomic E-state index is -4.10. The number of nitrogens with zero attached hydrogens (tertiary/aromatic N) is 6. The SMILES string of the molecule is Cn1nccc1Nc1nccc(-c2cc(C#N)c3c(c2)CCN3C(=O)C(F)(F)c2ccccc2F)n1. The van der Waals surface area contributed by atoms with Gasteiger partial charge in [0.15, 0.2) is 0 Å². The van der Waals surface area contributed by atoms with E-state index in [0.29, 0.717) is 28.6 Å². The molecule has 0 bridgehead atoms. The number of aryl methyl sites for hydroxylation is 1. The number of nitriles is 1. The maximum atomic E-state index is 15.0. The van der Waals surface area contributed by atoms with E-state index >= 15 is 8.78 Å². The molecule has 0 radical (unpaired) electrons. The number of alkyl halides is 2. The first-order valence-corrected chi connectivity index (χ1v) is 10.9. The maximum Gasteiger partial charge on any atom is 0.353 e. The first-order chi connectivity index (χ1) is 17.3. The number of amides is 1. The second-order valence-electron chi connectivity index (χ2n) is 8.13. The summed E-state index contributed by atoms with van der Waals surface area (Å²) in [5, 5.41) is 16.9. The van der Waals surface area contributed by atoms with Crippen molar-refractivity contribution >= 4 is 23.4 Å². The van der Waals surface area contributed by atoms with Crippen LogP contribution in [0.15, 0.2) is 60.9 Å². The molecule has 0 saturated heterocycles. The van der Waals surface area contributed by atoms with Crippen LogP contribution in [0.5, 0.6) is 0 Å². The van der Waals surface area contributed by atoms with Crippen LogP contribution in [-0.4, -0.2) is 32.2 Å². The van der Waals surface area contributed by atoms with Gasteiger partial charge in [-0.2, -0.15) is 19.1 Å². The van der Waals surface area contributed by atoms with Gasteiger partial charge in [-0.1, -0.05) is 12.1 Å². The molecule has 0 fully saturated rings. The van der Waals surface area contributed by atoms with Crippen molar-refractivity contribution in [2.24, 2.45) is 7.05 Å². The van der Waals surface area contributed by atoms with Crippen LogP contribution in [0.4, 0.5) is 30.6 Å². The van der Waals surface area contributed by atoms with Gasteiger partial charge in [0.1, 0.15) is 17.7 Å². The Labute approximate surface area is 203 Å². The number of nitrogens with one attached hydrogen (secondary N) is 1. The Morgan fingerprint density at radius 2 is 1.97 bits per heavy atom. The van der Waals surface area contributed by atoms with E-state index in [1.54, 1.807) is 42.3 Å². The van der Waals surface area contributed by atoms with E-state index in [4.69, 9.17) is 0 Å². The molecule has 1 aliphatic heterocycles. The molecule has 2 aromatic carbocycles. The molecule has 8 nitrogen and oxygen atoms in total. The Morgan fingerprint density at radius 1 is 1.17 bits per heavy atom. The Hall–Kier alpha value is -4.72. The predicted octanol–water partition coefficient (Wildman–Crippen LogP) is 4.31. The van der Waals surface area contributed by atoms with E-state index in [2.05, 4.69) is 20.4 Å². The van der Waals surface area contributed by atoms with Crippen LogP contribution >= 0.6 is 0 Å². The molecule has 11 heteroatoms. The van der Waals surface area contributed by atoms with Gasteiger partial charge in [0.25, 0.3) is 0 Å². The summed E-state index contributed by atoms with van der Waals surface area (Å²) in [5.74, 6) is -5.89. The van der Waals surface area contributed by atoms with Gasteiger partial charge >= 0.3 is 11.8 Å². The van der Waals surface area contributed by atoms with Gasteiger partial charge < -0.3 is 10.2 Å². The smallest absolute Gasteiger partial charge is 0.309 e. The fraction of sp³-hybridized carbons (Fsp3) is 0.160. The van der Waals surface area contributed by atoms with Crippen molar-refractivity contribution in [2.45, 2.75) is 12.3 Å². The van der Waals surface area contributed by atoms with Crippen LogP contribution in [0, 0.1) is 17.1 Å². The van der Waals surface area contributed by atoms with Gasteiger partial charge in [-0.25, -0.2) is 14.4 Å². The topological polar surface area (TPSA) is 99.7 Å². The number of anilines is 3. The van der Waals surface area contributed by atoms with Crippen molar-refractivity contribution < 1.29 is 18.0 Å².